The van der Waals surface area contributed by atoms with Gasteiger partial charge in [0.15, 0.2) is 16.6 Å². The Hall–Kier alpha value is -3.87. The number of β-lactam (4-membered cyclic amide) rings is 1. The number of ketones is 1. The molecule has 0 unspecified atom stereocenters. The number of esters is 1. The fraction of sp³-hybridized carbons (Fsp3) is 0.655. The number of carbonyl (C=O) groups is 6. The molecule has 1 aromatic heterocycles. The number of nitrogens with one attached hydrogen (secondary N) is 1. The Kier molecular flexibility index (Phi) is 10.2. The normalized spacial score (nSPS) is 24.5. The largest absolute Gasteiger partial charge is 0.541 e. The zero-order valence-electron chi connectivity index (χ0n) is 28.0. The summed E-state index contributed by atoms with van der Waals surface area (Å²) < 4.78 is 15.3. The first-order valence-electron chi connectivity index (χ1n) is 15.0. The minimum Gasteiger partial charge on any atom is -0.541 e. The van der Waals surface area contributed by atoms with E-state index in [1.165, 1.54) is 29.0 Å². The fourth-order valence-electron chi connectivity index (χ4n) is 5.18. The zero-order chi connectivity index (χ0) is 36.0. The van der Waals surface area contributed by atoms with Gasteiger partial charge in [0.25, 0.3) is 0 Å². The molecule has 3 aliphatic rings. The fourth-order valence-corrected chi connectivity index (χ4v) is 7.48. The zero-order valence-corrected chi connectivity index (χ0v) is 29.6. The Labute approximate surface area is 287 Å². The van der Waals surface area contributed by atoms with Crippen molar-refractivity contribution in [2.24, 2.45) is 11.1 Å². The predicted octanol–water partition coefficient (Wildman–Crippen LogP) is 1.51. The van der Waals surface area contributed by atoms with Crippen molar-refractivity contribution in [1.29, 1.82) is 0 Å². The van der Waals surface area contributed by atoms with Crippen LogP contribution >= 0.6 is 23.1 Å². The summed E-state index contributed by atoms with van der Waals surface area (Å²) in [5.41, 5.74) is 2.41. The molecule has 1 aromatic rings. The van der Waals surface area contributed by atoms with Crippen molar-refractivity contribution >= 4 is 77.6 Å². The molecule has 260 valence electrons. The molecule has 3 N–H and O–H groups in total. The van der Waals surface area contributed by atoms with E-state index in [1.807, 2.05) is 0 Å². The highest BCUT2D eigenvalue weighted by Gasteiger charge is 2.66. The van der Waals surface area contributed by atoms with Gasteiger partial charge in [0.1, 0.15) is 22.9 Å². The monoisotopic (exact) mass is 706 g/mol. The Morgan fingerprint density at radius 2 is 1.73 bits per heavy atom. The van der Waals surface area contributed by atoms with Crippen LogP contribution in [0.15, 0.2) is 10.5 Å². The Morgan fingerprint density at radius 1 is 1.08 bits per heavy atom. The molecule has 48 heavy (non-hydrogen) atoms. The lowest BCUT2D eigenvalue weighted by Crippen LogP contribution is -2.60. The molecular formula is C29H39BN6O10S2. The summed E-state index contributed by atoms with van der Waals surface area (Å²) in [5, 5.41) is 7.43. The molecule has 4 rings (SSSR count). The van der Waals surface area contributed by atoms with Crippen LogP contribution in [0.4, 0.5) is 9.93 Å². The molecule has 3 amide bonds. The minimum atomic E-state index is -1.73. The van der Waals surface area contributed by atoms with E-state index >= 15 is 0 Å². The van der Waals surface area contributed by atoms with E-state index in [0.717, 1.165) is 23.1 Å². The maximum Gasteiger partial charge on any atom is 0.408 e. The van der Waals surface area contributed by atoms with E-state index in [0.29, 0.717) is 0 Å². The van der Waals surface area contributed by atoms with Crippen LogP contribution < -0.4 is 11.1 Å². The number of alkyl carbamates (subject to hydrolysis) is 1. The second kappa shape index (κ2) is 13.2. The molecule has 4 atom stereocenters. The van der Waals surface area contributed by atoms with Gasteiger partial charge in [-0.1, -0.05) is 16.9 Å². The minimum absolute atomic E-state index is 0.0482. The van der Waals surface area contributed by atoms with Gasteiger partial charge in [0.05, 0.1) is 17.8 Å². The number of thiazole rings is 1. The van der Waals surface area contributed by atoms with E-state index in [1.54, 1.807) is 41.5 Å². The van der Waals surface area contributed by atoms with Gasteiger partial charge in [-0.3, -0.25) is 19.2 Å². The lowest BCUT2D eigenvalue weighted by molar-refractivity contribution is -0.179. The highest BCUT2D eigenvalue weighted by molar-refractivity contribution is 8.02. The number of likely N-dealkylation sites (tertiary alicyclic amines) is 1. The number of nitrogens with two attached hydrogens (primary N) is 1. The van der Waals surface area contributed by atoms with Gasteiger partial charge in [-0.2, -0.15) is 0 Å². The van der Waals surface area contributed by atoms with E-state index < -0.39 is 74.6 Å². The number of fused-ring (bicyclic) bond motifs is 1. The van der Waals surface area contributed by atoms with E-state index in [4.69, 9.17) is 28.1 Å². The van der Waals surface area contributed by atoms with Crippen LogP contribution in [-0.4, -0.2) is 110 Å². The van der Waals surface area contributed by atoms with Crippen molar-refractivity contribution in [3.63, 3.8) is 0 Å². The predicted molar refractivity (Wildman–Crippen MR) is 174 cm³/mol. The van der Waals surface area contributed by atoms with Crippen molar-refractivity contribution in [1.82, 2.24) is 20.1 Å². The number of anilines is 1. The standard InChI is InChI=1S/C29H39BN6O10S2/c1-26(2,3)43-22(40)28(7,8)46-34-18(16-12-47-24(31)32-16)17(37)11-14-19(38)35-13-29(23(41)45-30,48-21(14)35)36-10-9-15(20(36)39)33-25(42)44-27(4,5)6/h12,14-15,21H,9-11,13H2,1-8H3,(H2,31,32)(H,33,42)/b34-18-/t14-,15-,21-,29-/m1/s1. The molecule has 4 heterocycles. The third kappa shape index (κ3) is 7.71. The summed E-state index contributed by atoms with van der Waals surface area (Å²) in [4.78, 5) is 89.3. The van der Waals surface area contributed by atoms with Crippen LogP contribution in [0.5, 0.6) is 0 Å². The number of aromatic nitrogens is 1. The Morgan fingerprint density at radius 3 is 2.29 bits per heavy atom. The number of oxime groups is 1. The smallest absolute Gasteiger partial charge is 0.408 e. The van der Waals surface area contributed by atoms with Crippen molar-refractivity contribution in [3.05, 3.63) is 11.1 Å². The van der Waals surface area contributed by atoms with E-state index in [9.17, 15) is 28.8 Å². The molecule has 19 heteroatoms. The number of hydrogen-bond acceptors (Lipinski definition) is 15. The number of rotatable bonds is 10. The average molecular weight is 707 g/mol. The van der Waals surface area contributed by atoms with Crippen LogP contribution in [0.2, 0.25) is 0 Å². The Balaban J connectivity index is 1.53. The third-order valence-corrected chi connectivity index (χ3v) is 9.80. The summed E-state index contributed by atoms with van der Waals surface area (Å²) in [6, 6.07) is -0.988. The number of carbonyl (C=O) groups excluding carboxylic acids is 6. The molecule has 0 aromatic carbocycles. The number of ether oxygens (including phenoxy) is 2. The van der Waals surface area contributed by atoms with Gasteiger partial charge in [0, 0.05) is 18.3 Å². The van der Waals surface area contributed by atoms with Crippen LogP contribution in [-0.2, 0) is 42.9 Å². The topological polar surface area (TPSA) is 209 Å². The molecular weight excluding hydrogens is 667 g/mol. The second-order valence-corrected chi connectivity index (χ2v) is 16.3. The summed E-state index contributed by atoms with van der Waals surface area (Å²) in [6.07, 6.45) is -1.01. The van der Waals surface area contributed by atoms with Crippen molar-refractivity contribution < 1.29 is 47.7 Å². The van der Waals surface area contributed by atoms with Crippen LogP contribution in [0.3, 0.4) is 0 Å². The van der Waals surface area contributed by atoms with Crippen LogP contribution in [0, 0.1) is 5.92 Å². The summed E-state index contributed by atoms with van der Waals surface area (Å²) in [6.45, 7) is 12.8. The maximum atomic E-state index is 13.7. The number of nitrogen functional groups attached to an aromatic ring is 1. The maximum absolute atomic E-state index is 13.7. The van der Waals surface area contributed by atoms with Crippen molar-refractivity contribution in [3.8, 4) is 0 Å². The quantitative estimate of drug-likeness (QED) is 0.116. The summed E-state index contributed by atoms with van der Waals surface area (Å²) in [7, 11) is 5.30. The first-order chi connectivity index (χ1) is 22.1. The molecule has 3 aliphatic heterocycles. The molecule has 0 saturated carbocycles. The number of thioether (sulfide) groups is 1. The van der Waals surface area contributed by atoms with Gasteiger partial charge in [-0.25, -0.2) is 14.6 Å². The van der Waals surface area contributed by atoms with Gasteiger partial charge in [0.2, 0.25) is 22.3 Å². The number of hydrogen-bond donors (Lipinski definition) is 2. The van der Waals surface area contributed by atoms with Crippen molar-refractivity contribution in [2.45, 2.75) is 101 Å². The first-order valence-corrected chi connectivity index (χ1v) is 16.8. The molecule has 0 spiro atoms. The van der Waals surface area contributed by atoms with Crippen LogP contribution in [0.1, 0.15) is 73.9 Å². The molecule has 0 bridgehead atoms. The molecule has 3 fully saturated rings. The van der Waals surface area contributed by atoms with Gasteiger partial charge >= 0.3 is 26.1 Å². The van der Waals surface area contributed by atoms with Gasteiger partial charge in [-0.05, 0) is 61.8 Å². The number of nitrogens with zero attached hydrogens (tertiary/aromatic N) is 4. The lowest BCUT2D eigenvalue weighted by atomic mass is 9.90. The third-order valence-electron chi connectivity index (χ3n) is 7.40. The lowest BCUT2D eigenvalue weighted by Gasteiger charge is -2.40. The number of Topliss-reactive ketones (excluding diaryl/α,β-unsaturated/α-hetero) is 1. The van der Waals surface area contributed by atoms with Gasteiger partial charge < -0.3 is 39.8 Å². The van der Waals surface area contributed by atoms with E-state index in [2.05, 4.69) is 20.1 Å². The summed E-state index contributed by atoms with van der Waals surface area (Å²) in [5.74, 6) is -4.29. The van der Waals surface area contributed by atoms with Gasteiger partial charge in [-0.15, -0.1) is 11.3 Å². The molecule has 2 radical (unpaired) electrons. The molecule has 3 saturated heterocycles. The van der Waals surface area contributed by atoms with E-state index in [-0.39, 0.29) is 42.5 Å². The average Bonchev–Trinajstić information content (AvgIpc) is 3.65. The molecule has 16 nitrogen and oxygen atoms in total. The second-order valence-electron chi connectivity index (χ2n) is 14.0. The van der Waals surface area contributed by atoms with Crippen LogP contribution in [0.25, 0.3) is 0 Å². The summed E-state index contributed by atoms with van der Waals surface area (Å²) >= 11 is 2.01. The number of amides is 3. The first kappa shape index (κ1) is 37.0. The highest BCUT2D eigenvalue weighted by Crippen LogP contribution is 2.53. The Bertz CT molecular complexity index is 1540. The molecule has 0 aliphatic carbocycles. The highest BCUT2D eigenvalue weighted by atomic mass is 32.2. The van der Waals surface area contributed by atoms with Crippen molar-refractivity contribution in [2.75, 3.05) is 18.8 Å². The SMILES string of the molecule is [B]OC(=O)[C@@]1(N2CC[C@@H](NC(=O)OC(C)(C)C)C2=O)CN2C(=O)[C@@H](CC(=O)/C(=N\OC(C)(C)C(=O)OC(C)(C)C)c3csc(N)n3)[C@H]2S1.